The molecule has 2 N–H and O–H groups in total. The molecule has 0 radical (unpaired) electrons. The molecule has 1 unspecified atom stereocenters. The smallest absolute Gasteiger partial charge is 0.256 e. The van der Waals surface area contributed by atoms with Crippen LogP contribution in [-0.4, -0.2) is 56.9 Å². The van der Waals surface area contributed by atoms with Crippen LogP contribution in [0, 0.1) is 0 Å². The minimum atomic E-state index is -3.00. The topological polar surface area (TPSA) is 78.5 Å². The highest BCUT2D eigenvalue weighted by Gasteiger charge is 2.33. The van der Waals surface area contributed by atoms with E-state index in [-0.39, 0.29) is 23.5 Å². The summed E-state index contributed by atoms with van der Waals surface area (Å²) in [4.78, 5) is 14.2. The lowest BCUT2D eigenvalue weighted by Crippen LogP contribution is -2.38. The zero-order chi connectivity index (χ0) is 15.0. The molecule has 1 atom stereocenters. The summed E-state index contributed by atoms with van der Waals surface area (Å²) in [5, 5.41) is 6.50. The van der Waals surface area contributed by atoms with Crippen molar-refractivity contribution < 1.29 is 13.2 Å². The van der Waals surface area contributed by atoms with Crippen molar-refractivity contribution in [1.29, 1.82) is 0 Å². The van der Waals surface area contributed by atoms with Crippen molar-refractivity contribution in [3.63, 3.8) is 0 Å². The van der Waals surface area contributed by atoms with Crippen LogP contribution in [0.15, 0.2) is 18.2 Å². The number of hydrogen-bond donors (Lipinski definition) is 2. The molecule has 7 heteroatoms. The maximum atomic E-state index is 12.7. The Morgan fingerprint density at radius 1 is 1.29 bits per heavy atom. The Kier molecular flexibility index (Phi) is 3.52. The van der Waals surface area contributed by atoms with E-state index in [4.69, 9.17) is 0 Å². The molecule has 0 aromatic heterocycles. The van der Waals surface area contributed by atoms with Gasteiger partial charge in [0, 0.05) is 26.2 Å². The van der Waals surface area contributed by atoms with Gasteiger partial charge in [-0.1, -0.05) is 6.07 Å². The molecule has 1 amide bonds. The lowest BCUT2D eigenvalue weighted by molar-refractivity contribution is 0.0748. The summed E-state index contributed by atoms with van der Waals surface area (Å²) in [7, 11) is -1.31. The van der Waals surface area contributed by atoms with Gasteiger partial charge in [0.1, 0.15) is 0 Å². The highest BCUT2D eigenvalue weighted by atomic mass is 32.2. The van der Waals surface area contributed by atoms with E-state index in [0.29, 0.717) is 12.0 Å². The molecule has 0 saturated carbocycles. The lowest BCUT2D eigenvalue weighted by atomic mass is 10.1. The maximum Gasteiger partial charge on any atom is 0.256 e. The standard InChI is InChI=1S/C14H19N3O3S/c1-17(10-5-8-21(19,20)9-10)14(18)11-3-2-4-12-13(11)16-7-6-15-12/h2-4,10,15-16H,5-9H2,1H3. The van der Waals surface area contributed by atoms with Crippen molar-refractivity contribution in [3.8, 4) is 0 Å². The van der Waals surface area contributed by atoms with Crippen LogP contribution in [0.1, 0.15) is 16.8 Å². The number of fused-ring (bicyclic) bond motifs is 1. The van der Waals surface area contributed by atoms with Gasteiger partial charge < -0.3 is 15.5 Å². The first-order valence-electron chi connectivity index (χ1n) is 7.06. The minimum absolute atomic E-state index is 0.0654. The summed E-state index contributed by atoms with van der Waals surface area (Å²) in [6.07, 6.45) is 0.519. The van der Waals surface area contributed by atoms with Crippen LogP contribution >= 0.6 is 0 Å². The van der Waals surface area contributed by atoms with Crippen LogP contribution in [0.4, 0.5) is 11.4 Å². The van der Waals surface area contributed by atoms with Gasteiger partial charge in [0.15, 0.2) is 9.84 Å². The van der Waals surface area contributed by atoms with Gasteiger partial charge in [-0.25, -0.2) is 8.42 Å². The van der Waals surface area contributed by atoms with Crippen molar-refractivity contribution in [2.75, 3.05) is 42.3 Å². The molecule has 6 nitrogen and oxygen atoms in total. The van der Waals surface area contributed by atoms with Crippen LogP contribution < -0.4 is 10.6 Å². The van der Waals surface area contributed by atoms with Crippen molar-refractivity contribution in [2.45, 2.75) is 12.5 Å². The molecule has 0 bridgehead atoms. The number of sulfone groups is 1. The molecule has 0 spiro atoms. The van der Waals surface area contributed by atoms with E-state index >= 15 is 0 Å². The molecule has 1 saturated heterocycles. The Balaban J connectivity index is 1.85. The molecule has 1 aromatic carbocycles. The molecule has 2 heterocycles. The van der Waals surface area contributed by atoms with E-state index in [1.807, 2.05) is 12.1 Å². The Labute approximate surface area is 124 Å². The molecular weight excluding hydrogens is 290 g/mol. The van der Waals surface area contributed by atoms with E-state index in [1.165, 1.54) is 0 Å². The number of anilines is 2. The summed E-state index contributed by atoms with van der Waals surface area (Å²) in [6, 6.07) is 5.32. The largest absolute Gasteiger partial charge is 0.382 e. The van der Waals surface area contributed by atoms with Gasteiger partial charge in [0.05, 0.1) is 28.4 Å². The van der Waals surface area contributed by atoms with E-state index in [9.17, 15) is 13.2 Å². The van der Waals surface area contributed by atoms with Gasteiger partial charge >= 0.3 is 0 Å². The Morgan fingerprint density at radius 3 is 2.76 bits per heavy atom. The molecule has 21 heavy (non-hydrogen) atoms. The van der Waals surface area contributed by atoms with E-state index in [1.54, 1.807) is 18.0 Å². The molecule has 1 aromatic rings. The van der Waals surface area contributed by atoms with Crippen LogP contribution in [0.5, 0.6) is 0 Å². The fourth-order valence-electron chi connectivity index (χ4n) is 2.89. The van der Waals surface area contributed by atoms with Crippen LogP contribution in [-0.2, 0) is 9.84 Å². The van der Waals surface area contributed by atoms with Gasteiger partial charge in [0.25, 0.3) is 5.91 Å². The Hall–Kier alpha value is -1.76. The number of hydrogen-bond acceptors (Lipinski definition) is 5. The summed E-state index contributed by atoms with van der Waals surface area (Å²) in [5.74, 6) is 0.0999. The quantitative estimate of drug-likeness (QED) is 0.844. The third-order valence-electron chi connectivity index (χ3n) is 4.11. The number of para-hydroxylation sites is 1. The SMILES string of the molecule is CN(C(=O)c1cccc2c1NCCN2)C1CCS(=O)(=O)C1. The van der Waals surface area contributed by atoms with Crippen LogP contribution in [0.25, 0.3) is 0 Å². The van der Waals surface area contributed by atoms with Gasteiger partial charge in [-0.15, -0.1) is 0 Å². The number of rotatable bonds is 2. The average molecular weight is 309 g/mol. The van der Waals surface area contributed by atoms with Gasteiger partial charge in [0.2, 0.25) is 0 Å². The number of nitrogens with zero attached hydrogens (tertiary/aromatic N) is 1. The second-order valence-corrected chi connectivity index (χ2v) is 7.78. The van der Waals surface area contributed by atoms with Crippen molar-refractivity contribution in [1.82, 2.24) is 4.90 Å². The van der Waals surface area contributed by atoms with Gasteiger partial charge in [-0.3, -0.25) is 4.79 Å². The average Bonchev–Trinajstić information content (AvgIpc) is 2.85. The van der Waals surface area contributed by atoms with Crippen molar-refractivity contribution >= 4 is 27.1 Å². The number of benzene rings is 1. The Bertz CT molecular complexity index is 672. The molecule has 114 valence electrons. The minimum Gasteiger partial charge on any atom is -0.382 e. The number of carbonyl (C=O) groups is 1. The number of carbonyl (C=O) groups excluding carboxylic acids is 1. The summed E-state index contributed by atoms with van der Waals surface area (Å²) < 4.78 is 23.2. The fraction of sp³-hybridized carbons (Fsp3) is 0.500. The zero-order valence-corrected chi connectivity index (χ0v) is 12.7. The van der Waals surface area contributed by atoms with Gasteiger partial charge in [-0.05, 0) is 18.6 Å². The highest BCUT2D eigenvalue weighted by Crippen LogP contribution is 2.30. The number of nitrogens with one attached hydrogen (secondary N) is 2. The van der Waals surface area contributed by atoms with Crippen molar-refractivity contribution in [3.05, 3.63) is 23.8 Å². The zero-order valence-electron chi connectivity index (χ0n) is 11.9. The molecule has 1 fully saturated rings. The molecule has 2 aliphatic heterocycles. The lowest BCUT2D eigenvalue weighted by Gasteiger charge is -2.27. The summed E-state index contributed by atoms with van der Waals surface area (Å²) in [6.45, 7) is 1.58. The van der Waals surface area contributed by atoms with E-state index in [0.717, 1.165) is 24.5 Å². The molecular formula is C14H19N3O3S. The normalized spacial score (nSPS) is 22.8. The van der Waals surface area contributed by atoms with E-state index in [2.05, 4.69) is 10.6 Å². The molecule has 2 aliphatic rings. The third kappa shape index (κ3) is 2.70. The Morgan fingerprint density at radius 2 is 2.05 bits per heavy atom. The maximum absolute atomic E-state index is 12.7. The number of amides is 1. The molecule has 3 rings (SSSR count). The molecule has 0 aliphatic carbocycles. The van der Waals surface area contributed by atoms with Crippen LogP contribution in [0.2, 0.25) is 0 Å². The highest BCUT2D eigenvalue weighted by molar-refractivity contribution is 7.91. The van der Waals surface area contributed by atoms with Gasteiger partial charge in [-0.2, -0.15) is 0 Å². The summed E-state index contributed by atoms with van der Waals surface area (Å²) in [5.41, 5.74) is 2.31. The monoisotopic (exact) mass is 309 g/mol. The summed E-state index contributed by atoms with van der Waals surface area (Å²) >= 11 is 0. The second kappa shape index (κ2) is 5.22. The second-order valence-electron chi connectivity index (χ2n) is 5.55. The van der Waals surface area contributed by atoms with Crippen LogP contribution in [0.3, 0.4) is 0 Å². The first kappa shape index (κ1) is 14.2. The van der Waals surface area contributed by atoms with E-state index < -0.39 is 9.84 Å². The predicted octanol–water partition coefficient (Wildman–Crippen LogP) is 0.783. The third-order valence-corrected chi connectivity index (χ3v) is 5.86. The fourth-order valence-corrected chi connectivity index (χ4v) is 4.66. The first-order valence-corrected chi connectivity index (χ1v) is 8.88. The predicted molar refractivity (Wildman–Crippen MR) is 82.6 cm³/mol. The first-order chi connectivity index (χ1) is 9.98. The van der Waals surface area contributed by atoms with Crippen molar-refractivity contribution in [2.24, 2.45) is 0 Å².